The highest BCUT2D eigenvalue weighted by Gasteiger charge is 1.99. The van der Waals surface area contributed by atoms with Crippen LogP contribution in [0.4, 0.5) is 0 Å². The normalized spacial score (nSPS) is 11.1. The molecule has 0 saturated carbocycles. The topological polar surface area (TPSA) is 15.3 Å². The third-order valence-electron chi connectivity index (χ3n) is 1.97. The van der Waals surface area contributed by atoms with Gasteiger partial charge in [0.05, 0.1) is 0 Å². The summed E-state index contributed by atoms with van der Waals surface area (Å²) in [7, 11) is 5.38. The summed E-state index contributed by atoms with van der Waals surface area (Å²) in [6, 6.07) is 0. The first-order valence-electron chi connectivity index (χ1n) is 4.91. The molecule has 0 heterocycles. The van der Waals surface area contributed by atoms with Gasteiger partial charge in [0.2, 0.25) is 0 Å². The number of likely N-dealkylation sites (N-methyl/N-ethyl adjacent to an activating group) is 1. The Morgan fingerprint density at radius 2 is 1.79 bits per heavy atom. The Kier molecular flexibility index (Phi) is 13.9. The molecule has 0 spiro atoms. The smallest absolute Gasteiger partial charge is 0.0107 e. The second-order valence-corrected chi connectivity index (χ2v) is 6.41. The summed E-state index contributed by atoms with van der Waals surface area (Å²) in [5, 5.41) is 3.44. The highest BCUT2D eigenvalue weighted by molar-refractivity contribution is 8.44. The van der Waals surface area contributed by atoms with Crippen molar-refractivity contribution in [2.75, 3.05) is 44.2 Å². The molecule has 0 rings (SSSR count). The predicted molar refractivity (Wildman–Crippen MR) is 79.3 cm³/mol. The zero-order valence-corrected chi connectivity index (χ0v) is 12.8. The minimum absolute atomic E-state index is 1.11. The summed E-state index contributed by atoms with van der Waals surface area (Å²) < 4.78 is 0. The highest BCUT2D eigenvalue weighted by atomic mass is 32.7. The van der Waals surface area contributed by atoms with Crippen LogP contribution in [0.15, 0.2) is 0 Å². The summed E-state index contributed by atoms with van der Waals surface area (Å²) in [5.74, 6) is 2.39. The standard InChI is InChI=1S/C8H22N2P2S2/c1-2-10(6-8-14-12)5-3-9-4-7-13-11/h9H,2-8,11-12H2,1H3. The molecule has 2 atom stereocenters. The average molecular weight is 272 g/mol. The van der Waals surface area contributed by atoms with Gasteiger partial charge in [0.15, 0.2) is 0 Å². The van der Waals surface area contributed by atoms with Crippen molar-refractivity contribution < 1.29 is 0 Å². The summed E-state index contributed by atoms with van der Waals surface area (Å²) in [6.45, 7) is 7.98. The largest absolute Gasteiger partial charge is 0.315 e. The fourth-order valence-electron chi connectivity index (χ4n) is 1.10. The summed E-state index contributed by atoms with van der Waals surface area (Å²) in [4.78, 5) is 2.48. The maximum Gasteiger partial charge on any atom is 0.0107 e. The lowest BCUT2D eigenvalue weighted by Gasteiger charge is -2.19. The van der Waals surface area contributed by atoms with Gasteiger partial charge in [-0.05, 0) is 6.54 Å². The van der Waals surface area contributed by atoms with Crippen LogP contribution in [-0.4, -0.2) is 49.1 Å². The molecule has 0 aliphatic heterocycles. The molecule has 2 nitrogen and oxygen atoms in total. The van der Waals surface area contributed by atoms with Crippen LogP contribution >= 0.6 is 39.6 Å². The predicted octanol–water partition coefficient (Wildman–Crippen LogP) is 1.94. The Morgan fingerprint density at radius 1 is 1.07 bits per heavy atom. The average Bonchev–Trinajstić information content (AvgIpc) is 2.22. The van der Waals surface area contributed by atoms with Gasteiger partial charge in [0, 0.05) is 37.7 Å². The molecule has 0 fully saturated rings. The van der Waals surface area contributed by atoms with Crippen LogP contribution < -0.4 is 5.32 Å². The Labute approximate surface area is 101 Å². The second-order valence-electron chi connectivity index (χ2n) is 2.93. The van der Waals surface area contributed by atoms with Gasteiger partial charge in [-0.25, -0.2) is 0 Å². The third-order valence-corrected chi connectivity index (χ3v) is 4.25. The molecule has 1 N–H and O–H groups in total. The number of hydrogen-bond acceptors (Lipinski definition) is 4. The Balaban J connectivity index is 3.24. The van der Waals surface area contributed by atoms with Gasteiger partial charge in [-0.15, -0.1) is 22.8 Å². The number of nitrogens with one attached hydrogen (secondary N) is 1. The van der Waals surface area contributed by atoms with E-state index in [1.807, 2.05) is 22.8 Å². The van der Waals surface area contributed by atoms with Crippen LogP contribution in [-0.2, 0) is 0 Å². The lowest BCUT2D eigenvalue weighted by molar-refractivity contribution is 0.306. The molecule has 86 valence electrons. The van der Waals surface area contributed by atoms with E-state index in [0.29, 0.717) is 0 Å². The van der Waals surface area contributed by atoms with Crippen molar-refractivity contribution in [3.63, 3.8) is 0 Å². The van der Waals surface area contributed by atoms with E-state index >= 15 is 0 Å². The van der Waals surface area contributed by atoms with E-state index < -0.39 is 0 Å². The van der Waals surface area contributed by atoms with Gasteiger partial charge in [-0.2, -0.15) is 0 Å². The van der Waals surface area contributed by atoms with Crippen molar-refractivity contribution in [1.29, 1.82) is 0 Å². The molecular formula is C8H22N2P2S2. The Hall–Kier alpha value is 1.48. The molecule has 0 saturated heterocycles. The maximum atomic E-state index is 3.44. The fourth-order valence-corrected chi connectivity index (χ4v) is 2.40. The van der Waals surface area contributed by atoms with Crippen molar-refractivity contribution in [2.45, 2.75) is 6.92 Å². The van der Waals surface area contributed by atoms with Crippen molar-refractivity contribution >= 4 is 39.6 Å². The molecule has 0 aromatic heterocycles. The molecule has 0 radical (unpaired) electrons. The minimum atomic E-state index is 1.11. The summed E-state index contributed by atoms with van der Waals surface area (Å²) in [5.41, 5.74) is 0. The van der Waals surface area contributed by atoms with Crippen LogP contribution in [0.3, 0.4) is 0 Å². The third kappa shape index (κ3) is 10.0. The molecule has 0 bridgehead atoms. The summed E-state index contributed by atoms with van der Waals surface area (Å²) >= 11 is 3.66. The molecule has 0 amide bonds. The van der Waals surface area contributed by atoms with Crippen molar-refractivity contribution in [1.82, 2.24) is 10.2 Å². The molecule has 0 aliphatic carbocycles. The zero-order chi connectivity index (χ0) is 10.6. The van der Waals surface area contributed by atoms with E-state index in [4.69, 9.17) is 0 Å². The SMILES string of the molecule is CCN(CCNCCSP)CCSP. The van der Waals surface area contributed by atoms with Crippen molar-refractivity contribution in [3.05, 3.63) is 0 Å². The van der Waals surface area contributed by atoms with E-state index in [0.717, 1.165) is 19.6 Å². The Morgan fingerprint density at radius 3 is 2.36 bits per heavy atom. The molecule has 0 aromatic carbocycles. The van der Waals surface area contributed by atoms with Crippen molar-refractivity contribution in [2.24, 2.45) is 0 Å². The van der Waals surface area contributed by atoms with Crippen LogP contribution in [0.2, 0.25) is 0 Å². The quantitative estimate of drug-likeness (QED) is 0.483. The minimum Gasteiger partial charge on any atom is -0.315 e. The van der Waals surface area contributed by atoms with E-state index in [9.17, 15) is 0 Å². The van der Waals surface area contributed by atoms with E-state index in [1.54, 1.807) is 0 Å². The van der Waals surface area contributed by atoms with Crippen molar-refractivity contribution in [3.8, 4) is 0 Å². The maximum absolute atomic E-state index is 3.44. The first-order chi connectivity index (χ1) is 6.85. The monoisotopic (exact) mass is 272 g/mol. The highest BCUT2D eigenvalue weighted by Crippen LogP contribution is 2.09. The van der Waals surface area contributed by atoms with Gasteiger partial charge < -0.3 is 10.2 Å². The number of nitrogens with zero attached hydrogens (tertiary/aromatic N) is 1. The van der Waals surface area contributed by atoms with Crippen LogP contribution in [0.25, 0.3) is 0 Å². The molecule has 0 aromatic rings. The Bertz CT molecular complexity index is 120. The second kappa shape index (κ2) is 12.5. The van der Waals surface area contributed by atoms with Gasteiger partial charge in [0.25, 0.3) is 0 Å². The molecule has 2 unspecified atom stereocenters. The molecular weight excluding hydrogens is 250 g/mol. The van der Waals surface area contributed by atoms with Gasteiger partial charge in [-0.3, -0.25) is 0 Å². The summed E-state index contributed by atoms with van der Waals surface area (Å²) in [6.07, 6.45) is 0. The van der Waals surface area contributed by atoms with Crippen LogP contribution in [0, 0.1) is 0 Å². The van der Waals surface area contributed by atoms with E-state index in [2.05, 4.69) is 34.0 Å². The first-order valence-corrected chi connectivity index (χ1v) is 9.84. The molecule has 14 heavy (non-hydrogen) atoms. The van der Waals surface area contributed by atoms with E-state index in [-0.39, 0.29) is 0 Å². The van der Waals surface area contributed by atoms with Gasteiger partial charge in [-0.1, -0.05) is 23.8 Å². The molecule has 6 heteroatoms. The van der Waals surface area contributed by atoms with Crippen LogP contribution in [0.5, 0.6) is 0 Å². The number of rotatable bonds is 10. The zero-order valence-electron chi connectivity index (χ0n) is 8.87. The van der Waals surface area contributed by atoms with Gasteiger partial charge >= 0.3 is 0 Å². The number of hydrogen-bond donors (Lipinski definition) is 1. The lowest BCUT2D eigenvalue weighted by atomic mass is 10.4. The lowest BCUT2D eigenvalue weighted by Crippen LogP contribution is -2.34. The first kappa shape index (κ1) is 15.5. The van der Waals surface area contributed by atoms with Crippen LogP contribution in [0.1, 0.15) is 6.92 Å². The van der Waals surface area contributed by atoms with Gasteiger partial charge in [0.1, 0.15) is 0 Å². The molecule has 0 aliphatic rings. The fraction of sp³-hybridized carbons (Fsp3) is 1.00. The van der Waals surface area contributed by atoms with E-state index in [1.165, 1.54) is 24.6 Å².